The number of benzene rings is 4. The van der Waals surface area contributed by atoms with E-state index in [0.29, 0.717) is 11.8 Å². The summed E-state index contributed by atoms with van der Waals surface area (Å²) in [5.74, 6) is -0.482. The lowest BCUT2D eigenvalue weighted by molar-refractivity contribution is -0.104. The van der Waals surface area contributed by atoms with Crippen molar-refractivity contribution in [2.45, 2.75) is 16.7 Å². The minimum atomic E-state index is -0.482. The molecule has 2 nitrogen and oxygen atoms in total. The Labute approximate surface area is 155 Å². The van der Waals surface area contributed by atoms with E-state index in [-0.39, 0.29) is 0 Å². The average Bonchev–Trinajstić information content (AvgIpc) is 2.67. The maximum Gasteiger partial charge on any atom is 0.226 e. The van der Waals surface area contributed by atoms with Gasteiger partial charge in [-0.1, -0.05) is 65.9 Å². The van der Waals surface area contributed by atoms with Crippen molar-refractivity contribution in [1.29, 1.82) is 0 Å². The Kier molecular flexibility index (Phi) is 4.31. The van der Waals surface area contributed by atoms with E-state index in [2.05, 4.69) is 43.3 Å². The van der Waals surface area contributed by atoms with Crippen LogP contribution >= 0.6 is 11.8 Å². The van der Waals surface area contributed by atoms with Crippen LogP contribution in [0.5, 0.6) is 0 Å². The number of carbonyl (C=O) groups is 2. The number of ketones is 1. The highest BCUT2D eigenvalue weighted by atomic mass is 32.2. The van der Waals surface area contributed by atoms with E-state index in [1.165, 1.54) is 5.56 Å². The summed E-state index contributed by atoms with van der Waals surface area (Å²) in [7, 11) is 0. The number of aryl methyl sites for hydroxylation is 1. The Morgan fingerprint density at radius 3 is 2.35 bits per heavy atom. The monoisotopic (exact) mass is 356 g/mol. The number of carbonyl (C=O) groups excluding carboxylic acids is 2. The average molecular weight is 356 g/mol. The second kappa shape index (κ2) is 6.77. The highest BCUT2D eigenvalue weighted by Gasteiger charge is 2.16. The van der Waals surface area contributed by atoms with E-state index in [9.17, 15) is 9.59 Å². The quantitative estimate of drug-likeness (QED) is 0.199. The minimum Gasteiger partial charge on any atom is -0.294 e. The molecule has 0 saturated heterocycles. The first-order chi connectivity index (χ1) is 12.7. The van der Waals surface area contributed by atoms with Crippen LogP contribution in [0.1, 0.15) is 15.9 Å². The minimum absolute atomic E-state index is 0.404. The van der Waals surface area contributed by atoms with Gasteiger partial charge in [0.1, 0.15) is 0 Å². The molecule has 0 aliphatic rings. The number of fused-ring (bicyclic) bond motifs is 2. The van der Waals surface area contributed by atoms with Crippen LogP contribution in [0.3, 0.4) is 0 Å². The van der Waals surface area contributed by atoms with Crippen LogP contribution in [0.25, 0.3) is 21.5 Å². The normalized spacial score (nSPS) is 11.0. The van der Waals surface area contributed by atoms with E-state index in [0.717, 1.165) is 31.3 Å². The molecule has 0 N–H and O–H groups in total. The van der Waals surface area contributed by atoms with Crippen LogP contribution in [-0.4, -0.2) is 12.1 Å². The van der Waals surface area contributed by atoms with Gasteiger partial charge in [0.2, 0.25) is 5.78 Å². The van der Waals surface area contributed by atoms with Crippen LogP contribution in [-0.2, 0) is 4.79 Å². The zero-order valence-electron chi connectivity index (χ0n) is 14.2. The van der Waals surface area contributed by atoms with E-state index in [4.69, 9.17) is 0 Å². The summed E-state index contributed by atoms with van der Waals surface area (Å²) in [5.41, 5.74) is 1.71. The molecule has 0 atom stereocenters. The van der Waals surface area contributed by atoms with Gasteiger partial charge in [-0.2, -0.15) is 0 Å². The van der Waals surface area contributed by atoms with Crippen LogP contribution in [0.2, 0.25) is 0 Å². The number of aldehydes is 1. The van der Waals surface area contributed by atoms with E-state index >= 15 is 0 Å². The fourth-order valence-electron chi connectivity index (χ4n) is 3.21. The third-order valence-corrected chi connectivity index (χ3v) is 5.55. The molecule has 126 valence electrons. The van der Waals surface area contributed by atoms with E-state index in [1.54, 1.807) is 11.8 Å². The van der Waals surface area contributed by atoms with Gasteiger partial charge in [-0.25, -0.2) is 0 Å². The molecule has 0 aliphatic carbocycles. The first-order valence-electron chi connectivity index (χ1n) is 8.36. The van der Waals surface area contributed by atoms with Gasteiger partial charge in [0.05, 0.1) is 0 Å². The van der Waals surface area contributed by atoms with Crippen molar-refractivity contribution in [2.75, 3.05) is 0 Å². The molecule has 4 aromatic rings. The molecule has 4 rings (SSSR count). The lowest BCUT2D eigenvalue weighted by Gasteiger charge is -2.12. The van der Waals surface area contributed by atoms with Gasteiger partial charge < -0.3 is 0 Å². The van der Waals surface area contributed by atoms with Crippen molar-refractivity contribution in [3.63, 3.8) is 0 Å². The lowest BCUT2D eigenvalue weighted by atomic mass is 9.94. The summed E-state index contributed by atoms with van der Waals surface area (Å²) in [6, 6.07) is 24.1. The summed E-state index contributed by atoms with van der Waals surface area (Å²) in [4.78, 5) is 25.8. The second-order valence-corrected chi connectivity index (χ2v) is 7.34. The topological polar surface area (TPSA) is 34.1 Å². The van der Waals surface area contributed by atoms with Crippen LogP contribution < -0.4 is 0 Å². The van der Waals surface area contributed by atoms with Crippen LogP contribution in [0, 0.1) is 6.92 Å². The molecule has 0 radical (unpaired) electrons. The molecule has 0 heterocycles. The van der Waals surface area contributed by atoms with Crippen molar-refractivity contribution in [2.24, 2.45) is 0 Å². The van der Waals surface area contributed by atoms with Gasteiger partial charge in [-0.3, -0.25) is 9.59 Å². The predicted molar refractivity (Wildman–Crippen MR) is 107 cm³/mol. The lowest BCUT2D eigenvalue weighted by Crippen LogP contribution is -2.02. The van der Waals surface area contributed by atoms with Crippen molar-refractivity contribution in [3.05, 3.63) is 83.9 Å². The molecule has 0 fully saturated rings. The molecule has 0 saturated carbocycles. The Morgan fingerprint density at radius 2 is 1.58 bits per heavy atom. The number of Topliss-reactive ketones (excluding diaryl/α,β-unsaturated/α-hetero) is 1. The molecular formula is C23H16O2S. The summed E-state index contributed by atoms with van der Waals surface area (Å²) in [6.07, 6.45) is 0.404. The van der Waals surface area contributed by atoms with Gasteiger partial charge in [-0.05, 0) is 52.7 Å². The van der Waals surface area contributed by atoms with Gasteiger partial charge in [0.15, 0.2) is 6.29 Å². The Morgan fingerprint density at radius 1 is 0.846 bits per heavy atom. The smallest absolute Gasteiger partial charge is 0.226 e. The predicted octanol–water partition coefficient (Wildman–Crippen LogP) is 5.83. The highest BCUT2D eigenvalue weighted by molar-refractivity contribution is 7.99. The fraction of sp³-hybridized carbons (Fsp3) is 0.0435. The molecule has 26 heavy (non-hydrogen) atoms. The molecule has 0 amide bonds. The molecule has 0 aliphatic heterocycles. The van der Waals surface area contributed by atoms with E-state index in [1.807, 2.05) is 36.4 Å². The molecule has 4 aromatic carbocycles. The molecule has 3 heteroatoms. The van der Waals surface area contributed by atoms with Gasteiger partial charge in [-0.15, -0.1) is 0 Å². The summed E-state index contributed by atoms with van der Waals surface area (Å²) in [5, 5.41) is 3.58. The maximum absolute atomic E-state index is 12.4. The molecular weight excluding hydrogens is 340 g/mol. The summed E-state index contributed by atoms with van der Waals surface area (Å²) >= 11 is 1.66. The summed E-state index contributed by atoms with van der Waals surface area (Å²) in [6.45, 7) is 2.07. The third kappa shape index (κ3) is 2.91. The number of hydrogen-bond donors (Lipinski definition) is 0. The SMILES string of the molecule is Cc1ccc(Sc2cccc3c(C(=O)C=O)c4ccccc4cc23)cc1. The van der Waals surface area contributed by atoms with Gasteiger partial charge in [0.25, 0.3) is 0 Å². The Hall–Kier alpha value is -2.91. The molecule has 0 unspecified atom stereocenters. The Bertz CT molecular complexity index is 1140. The molecule has 0 bridgehead atoms. The van der Waals surface area contributed by atoms with Crippen molar-refractivity contribution in [3.8, 4) is 0 Å². The maximum atomic E-state index is 12.4. The summed E-state index contributed by atoms with van der Waals surface area (Å²) < 4.78 is 0. The molecule has 0 aromatic heterocycles. The third-order valence-electron chi connectivity index (χ3n) is 4.47. The van der Waals surface area contributed by atoms with Crippen molar-refractivity contribution < 1.29 is 9.59 Å². The van der Waals surface area contributed by atoms with E-state index < -0.39 is 5.78 Å². The van der Waals surface area contributed by atoms with Gasteiger partial charge in [0, 0.05) is 15.4 Å². The first-order valence-corrected chi connectivity index (χ1v) is 9.17. The molecule has 0 spiro atoms. The van der Waals surface area contributed by atoms with Gasteiger partial charge >= 0.3 is 0 Å². The van der Waals surface area contributed by atoms with Crippen molar-refractivity contribution in [1.82, 2.24) is 0 Å². The fourth-order valence-corrected chi connectivity index (χ4v) is 4.16. The zero-order valence-corrected chi connectivity index (χ0v) is 15.0. The zero-order chi connectivity index (χ0) is 18.1. The van der Waals surface area contributed by atoms with Crippen LogP contribution in [0.4, 0.5) is 0 Å². The highest BCUT2D eigenvalue weighted by Crippen LogP contribution is 2.37. The Balaban J connectivity index is 1.98. The standard InChI is InChI=1S/C23H16O2S/c1-15-9-11-17(12-10-15)26-22-8-4-7-19-20(22)13-16-5-2-3-6-18(16)23(19)21(25)14-24/h2-14H,1H3. The number of rotatable bonds is 4. The van der Waals surface area contributed by atoms with Crippen LogP contribution in [0.15, 0.2) is 82.6 Å². The second-order valence-electron chi connectivity index (χ2n) is 6.22. The van der Waals surface area contributed by atoms with Crippen molar-refractivity contribution >= 4 is 45.4 Å². The number of hydrogen-bond acceptors (Lipinski definition) is 3. The first kappa shape index (κ1) is 16.6. The largest absolute Gasteiger partial charge is 0.294 e.